The van der Waals surface area contributed by atoms with Gasteiger partial charge in [-0.25, -0.2) is 4.79 Å². The van der Waals surface area contributed by atoms with Gasteiger partial charge in [-0.2, -0.15) is 13.2 Å². The molecule has 0 aliphatic carbocycles. The highest BCUT2D eigenvalue weighted by molar-refractivity contribution is 5.85. The minimum Gasteiger partial charge on any atom is -0.475 e. The largest absolute Gasteiger partial charge is 0.490 e. The van der Waals surface area contributed by atoms with Crippen molar-refractivity contribution >= 4 is 17.8 Å². The molecule has 0 saturated carbocycles. The second-order valence-electron chi connectivity index (χ2n) is 4.73. The second-order valence-corrected chi connectivity index (χ2v) is 4.73. The topological polar surface area (TPSA) is 119 Å². The van der Waals surface area contributed by atoms with Gasteiger partial charge in [0.15, 0.2) is 0 Å². The van der Waals surface area contributed by atoms with Crippen molar-refractivity contribution in [1.82, 2.24) is 5.32 Å². The van der Waals surface area contributed by atoms with Gasteiger partial charge in [0.05, 0.1) is 13.2 Å². The first-order valence-electron chi connectivity index (χ1n) is 7.02. The minimum atomic E-state index is -5.08. The zero-order valence-corrected chi connectivity index (χ0v) is 13.4. The van der Waals surface area contributed by atoms with E-state index < -0.39 is 24.2 Å². The summed E-state index contributed by atoms with van der Waals surface area (Å²) in [4.78, 5) is 31.3. The summed E-state index contributed by atoms with van der Waals surface area (Å²) < 4.78 is 36.2. The van der Waals surface area contributed by atoms with Crippen LogP contribution in [0.25, 0.3) is 0 Å². The van der Waals surface area contributed by atoms with Gasteiger partial charge in [-0.05, 0) is 18.4 Å². The van der Waals surface area contributed by atoms with Crippen LogP contribution in [-0.4, -0.2) is 48.8 Å². The zero-order chi connectivity index (χ0) is 19.5. The van der Waals surface area contributed by atoms with E-state index >= 15 is 0 Å². The van der Waals surface area contributed by atoms with E-state index in [1.807, 2.05) is 30.3 Å². The Balaban J connectivity index is 0.000000697. The van der Waals surface area contributed by atoms with Crippen LogP contribution in [-0.2, 0) is 25.5 Å². The normalized spacial score (nSPS) is 11.6. The average Bonchev–Trinajstić information content (AvgIpc) is 2.57. The SMILES string of the molecule is COC(=O)CNC(=O)C(N)CCc1ccccc1.O=C(O)C(F)(F)F. The fourth-order valence-corrected chi connectivity index (χ4v) is 1.46. The van der Waals surface area contributed by atoms with Gasteiger partial charge in [0, 0.05) is 0 Å². The predicted octanol–water partition coefficient (Wildman–Crippen LogP) is 0.869. The molecular weight excluding hydrogens is 345 g/mol. The molecule has 1 aromatic rings. The van der Waals surface area contributed by atoms with Gasteiger partial charge < -0.3 is 20.9 Å². The van der Waals surface area contributed by atoms with Crippen molar-refractivity contribution in [1.29, 1.82) is 0 Å². The summed E-state index contributed by atoms with van der Waals surface area (Å²) in [5.41, 5.74) is 6.86. The van der Waals surface area contributed by atoms with Crippen LogP contribution >= 0.6 is 0 Å². The van der Waals surface area contributed by atoms with E-state index in [-0.39, 0.29) is 12.5 Å². The lowest BCUT2D eigenvalue weighted by molar-refractivity contribution is -0.192. The van der Waals surface area contributed by atoms with E-state index in [0.717, 1.165) is 12.0 Å². The van der Waals surface area contributed by atoms with Gasteiger partial charge in [0.1, 0.15) is 6.54 Å². The number of halogens is 3. The fourth-order valence-electron chi connectivity index (χ4n) is 1.46. The van der Waals surface area contributed by atoms with Crippen LogP contribution in [0.3, 0.4) is 0 Å². The summed E-state index contributed by atoms with van der Waals surface area (Å²) in [5, 5.41) is 9.56. The number of carboxylic acid groups (broad SMARTS) is 1. The smallest absolute Gasteiger partial charge is 0.475 e. The van der Waals surface area contributed by atoms with Crippen molar-refractivity contribution in [2.45, 2.75) is 25.1 Å². The Morgan fingerprint density at radius 3 is 2.20 bits per heavy atom. The summed E-state index contributed by atoms with van der Waals surface area (Å²) in [5.74, 6) is -3.58. The summed E-state index contributed by atoms with van der Waals surface area (Å²) >= 11 is 0. The number of nitrogens with one attached hydrogen (secondary N) is 1. The van der Waals surface area contributed by atoms with Crippen molar-refractivity contribution in [3.05, 3.63) is 35.9 Å². The number of rotatable bonds is 6. The highest BCUT2D eigenvalue weighted by Crippen LogP contribution is 2.13. The Morgan fingerprint density at radius 1 is 1.24 bits per heavy atom. The number of hydrogen-bond donors (Lipinski definition) is 3. The van der Waals surface area contributed by atoms with Crippen molar-refractivity contribution < 1.29 is 37.4 Å². The van der Waals surface area contributed by atoms with Gasteiger partial charge in [-0.1, -0.05) is 30.3 Å². The number of alkyl halides is 3. The second kappa shape index (κ2) is 11.0. The maximum absolute atomic E-state index is 11.5. The van der Waals surface area contributed by atoms with Gasteiger partial charge >= 0.3 is 18.1 Å². The van der Waals surface area contributed by atoms with Crippen molar-refractivity contribution in [2.75, 3.05) is 13.7 Å². The highest BCUT2D eigenvalue weighted by Gasteiger charge is 2.38. The molecule has 25 heavy (non-hydrogen) atoms. The summed E-state index contributed by atoms with van der Waals surface area (Å²) in [7, 11) is 1.27. The highest BCUT2D eigenvalue weighted by atomic mass is 19.4. The Kier molecular flexibility index (Phi) is 9.87. The molecule has 1 aromatic carbocycles. The molecular formula is C15H19F3N2O5. The lowest BCUT2D eigenvalue weighted by Gasteiger charge is -2.11. The van der Waals surface area contributed by atoms with Crippen LogP contribution in [0.2, 0.25) is 0 Å². The minimum absolute atomic E-state index is 0.144. The van der Waals surface area contributed by atoms with Crippen molar-refractivity contribution in [3.8, 4) is 0 Å². The number of nitrogens with two attached hydrogens (primary N) is 1. The summed E-state index contributed by atoms with van der Waals surface area (Å²) in [6, 6.07) is 9.18. The van der Waals surface area contributed by atoms with Crippen LogP contribution in [0.1, 0.15) is 12.0 Å². The lowest BCUT2D eigenvalue weighted by atomic mass is 10.1. The summed E-state index contributed by atoms with van der Waals surface area (Å²) in [6.45, 7) is -0.144. The number of methoxy groups -OCH3 is 1. The first-order chi connectivity index (χ1) is 11.6. The number of hydrogen-bond acceptors (Lipinski definition) is 5. The molecule has 1 atom stereocenters. The molecule has 1 rings (SSSR count). The number of aliphatic carboxylic acids is 1. The third-order valence-corrected chi connectivity index (χ3v) is 2.80. The molecule has 0 aliphatic heterocycles. The standard InChI is InChI=1S/C13H18N2O3.C2HF3O2/c1-18-12(16)9-15-13(17)11(14)8-7-10-5-3-2-4-6-10;3-2(4,5)1(6)7/h2-6,11H,7-9,14H2,1H3,(H,15,17);(H,6,7). The van der Waals surface area contributed by atoms with Crippen LogP contribution in [0.15, 0.2) is 30.3 Å². The Bertz CT molecular complexity index is 564. The molecule has 1 unspecified atom stereocenters. The first-order valence-corrected chi connectivity index (χ1v) is 7.02. The number of benzene rings is 1. The number of amides is 1. The summed E-state index contributed by atoms with van der Waals surface area (Å²) in [6.07, 6.45) is -3.81. The molecule has 140 valence electrons. The third-order valence-electron chi connectivity index (χ3n) is 2.80. The molecule has 1 amide bonds. The van der Waals surface area contributed by atoms with Crippen LogP contribution in [0.4, 0.5) is 13.2 Å². The third kappa shape index (κ3) is 10.7. The van der Waals surface area contributed by atoms with E-state index in [4.69, 9.17) is 15.6 Å². The number of esters is 1. The van der Waals surface area contributed by atoms with Gasteiger partial charge in [-0.15, -0.1) is 0 Å². The molecule has 10 heteroatoms. The Hall–Kier alpha value is -2.62. The monoisotopic (exact) mass is 364 g/mol. The maximum atomic E-state index is 11.5. The molecule has 0 fully saturated rings. The Morgan fingerprint density at radius 2 is 1.76 bits per heavy atom. The van der Waals surface area contributed by atoms with Crippen LogP contribution in [0, 0.1) is 0 Å². The van der Waals surface area contributed by atoms with E-state index in [2.05, 4.69) is 10.1 Å². The average molecular weight is 364 g/mol. The molecule has 0 aromatic heterocycles. The van der Waals surface area contributed by atoms with E-state index in [1.54, 1.807) is 0 Å². The molecule has 0 aliphatic rings. The molecule has 0 saturated heterocycles. The number of aryl methyl sites for hydroxylation is 1. The first kappa shape index (κ1) is 22.4. The number of carbonyl (C=O) groups is 3. The molecule has 0 bridgehead atoms. The number of carbonyl (C=O) groups excluding carboxylic acids is 2. The lowest BCUT2D eigenvalue weighted by Crippen LogP contribution is -2.43. The number of ether oxygens (including phenoxy) is 1. The predicted molar refractivity (Wildman–Crippen MR) is 81.5 cm³/mol. The van der Waals surface area contributed by atoms with Crippen molar-refractivity contribution in [2.24, 2.45) is 5.73 Å². The van der Waals surface area contributed by atoms with E-state index in [1.165, 1.54) is 7.11 Å². The molecule has 7 nitrogen and oxygen atoms in total. The molecule has 0 radical (unpaired) electrons. The number of carboxylic acids is 1. The van der Waals surface area contributed by atoms with Crippen LogP contribution < -0.4 is 11.1 Å². The van der Waals surface area contributed by atoms with Gasteiger partial charge in [0.2, 0.25) is 5.91 Å². The maximum Gasteiger partial charge on any atom is 0.490 e. The molecule has 0 heterocycles. The fraction of sp³-hybridized carbons (Fsp3) is 0.400. The van der Waals surface area contributed by atoms with Gasteiger partial charge in [-0.3, -0.25) is 9.59 Å². The molecule has 0 spiro atoms. The molecule has 4 N–H and O–H groups in total. The quantitative estimate of drug-likeness (QED) is 0.645. The van der Waals surface area contributed by atoms with Crippen molar-refractivity contribution in [3.63, 3.8) is 0 Å². The van der Waals surface area contributed by atoms with E-state index in [0.29, 0.717) is 6.42 Å². The van der Waals surface area contributed by atoms with Crippen LogP contribution in [0.5, 0.6) is 0 Å². The van der Waals surface area contributed by atoms with Gasteiger partial charge in [0.25, 0.3) is 0 Å². The Labute approximate surface area is 142 Å². The zero-order valence-electron chi connectivity index (χ0n) is 13.4. The van der Waals surface area contributed by atoms with E-state index in [9.17, 15) is 22.8 Å².